The zero-order valence-electron chi connectivity index (χ0n) is 29.8. The van der Waals surface area contributed by atoms with E-state index in [2.05, 4.69) is 164 Å². The van der Waals surface area contributed by atoms with Gasteiger partial charge in [-0.1, -0.05) is 158 Å². The van der Waals surface area contributed by atoms with E-state index >= 15 is 0 Å². The summed E-state index contributed by atoms with van der Waals surface area (Å²) in [5, 5.41) is 2.35. The predicted molar refractivity (Wildman–Crippen MR) is 231 cm³/mol. The van der Waals surface area contributed by atoms with Crippen molar-refractivity contribution in [1.29, 1.82) is 0 Å². The molecule has 4 heteroatoms. The molecule has 0 fully saturated rings. The molecule has 0 N–H and O–H groups in total. The summed E-state index contributed by atoms with van der Waals surface area (Å²) in [5.74, 6) is 1.98. The summed E-state index contributed by atoms with van der Waals surface area (Å²) < 4.78 is 2.43. The average molecular weight is 720 g/mol. The van der Waals surface area contributed by atoms with E-state index in [1.165, 1.54) is 53.7 Å². The number of aromatic nitrogens is 3. The first-order chi connectivity index (χ1) is 27.2. The Labute approximate surface area is 323 Å². The lowest BCUT2D eigenvalue weighted by Gasteiger charge is -2.12. The Balaban J connectivity index is 1.10. The van der Waals surface area contributed by atoms with Gasteiger partial charge >= 0.3 is 0 Å². The molecule has 0 spiro atoms. The van der Waals surface area contributed by atoms with E-state index in [1.807, 2.05) is 36.4 Å². The van der Waals surface area contributed by atoms with Crippen molar-refractivity contribution in [2.24, 2.45) is 0 Å². The highest BCUT2D eigenvalue weighted by Crippen LogP contribution is 2.42. The van der Waals surface area contributed by atoms with Crippen LogP contribution in [0.15, 0.2) is 200 Å². The number of fused-ring (bicyclic) bond motifs is 3. The van der Waals surface area contributed by atoms with Crippen molar-refractivity contribution >= 4 is 31.5 Å². The Morgan fingerprint density at radius 3 is 1.25 bits per heavy atom. The molecular formula is C51H33N3S. The Morgan fingerprint density at radius 1 is 0.273 bits per heavy atom. The van der Waals surface area contributed by atoms with Crippen molar-refractivity contribution in [1.82, 2.24) is 15.0 Å². The van der Waals surface area contributed by atoms with Crippen molar-refractivity contribution in [2.45, 2.75) is 0 Å². The molecule has 0 aliphatic heterocycles. The van der Waals surface area contributed by atoms with E-state index in [0.717, 1.165) is 27.6 Å². The molecule has 0 aliphatic rings. The van der Waals surface area contributed by atoms with Crippen LogP contribution < -0.4 is 0 Å². The monoisotopic (exact) mass is 719 g/mol. The Hall–Kier alpha value is -7.01. The van der Waals surface area contributed by atoms with E-state index in [1.54, 1.807) is 11.3 Å². The molecule has 55 heavy (non-hydrogen) atoms. The maximum Gasteiger partial charge on any atom is 0.164 e. The smallest absolute Gasteiger partial charge is 0.164 e. The van der Waals surface area contributed by atoms with Gasteiger partial charge in [-0.05, 0) is 87.0 Å². The van der Waals surface area contributed by atoms with Crippen molar-refractivity contribution in [2.75, 3.05) is 0 Å². The Morgan fingerprint density at radius 2 is 0.691 bits per heavy atom. The van der Waals surface area contributed by atoms with Crippen molar-refractivity contribution in [3.63, 3.8) is 0 Å². The summed E-state index contributed by atoms with van der Waals surface area (Å²) >= 11 is 1.80. The van der Waals surface area contributed by atoms with E-state index < -0.39 is 0 Å². The van der Waals surface area contributed by atoms with E-state index in [-0.39, 0.29) is 0 Å². The van der Waals surface area contributed by atoms with Crippen LogP contribution in [0.5, 0.6) is 0 Å². The molecule has 0 aliphatic carbocycles. The van der Waals surface area contributed by atoms with E-state index in [4.69, 9.17) is 15.0 Å². The maximum atomic E-state index is 5.10. The minimum atomic E-state index is 0.658. The van der Waals surface area contributed by atoms with Crippen molar-refractivity contribution < 1.29 is 0 Å². The molecule has 0 saturated heterocycles. The van der Waals surface area contributed by atoms with Gasteiger partial charge in [0.05, 0.1) is 0 Å². The molecule has 0 saturated carbocycles. The molecular weight excluding hydrogens is 687 g/mol. The third-order valence-electron chi connectivity index (χ3n) is 10.1. The van der Waals surface area contributed by atoms with Gasteiger partial charge in [0, 0.05) is 36.9 Å². The van der Waals surface area contributed by atoms with Gasteiger partial charge in [0.1, 0.15) is 0 Å². The lowest BCUT2D eigenvalue weighted by molar-refractivity contribution is 1.08. The molecule has 10 aromatic rings. The number of hydrogen-bond acceptors (Lipinski definition) is 4. The van der Waals surface area contributed by atoms with Crippen molar-refractivity contribution in [3.05, 3.63) is 200 Å². The van der Waals surface area contributed by atoms with Crippen LogP contribution in [0.25, 0.3) is 98.8 Å². The summed E-state index contributed by atoms with van der Waals surface area (Å²) in [6.45, 7) is 0. The molecule has 258 valence electrons. The standard InChI is InChI=1S/C51H33N3S/c1-5-15-34(16-6-1)41-30-42(35-17-7-2-8-18-35)32-43(31-41)39-24-13-23-38(29-39)40-27-28-46-45(33-40)48-44(25-14-26-47(48)55-46)51-53-49(36-19-9-3-10-20-36)52-50(54-51)37-21-11-4-12-22-37/h1-33H. The van der Waals surface area contributed by atoms with Crippen LogP contribution in [0.4, 0.5) is 0 Å². The molecule has 0 atom stereocenters. The summed E-state index contributed by atoms with van der Waals surface area (Å²) in [6, 6.07) is 70.7. The fourth-order valence-electron chi connectivity index (χ4n) is 7.39. The summed E-state index contributed by atoms with van der Waals surface area (Å²) in [7, 11) is 0. The van der Waals surface area contributed by atoms with Crippen LogP contribution >= 0.6 is 11.3 Å². The zero-order valence-corrected chi connectivity index (χ0v) is 30.6. The van der Waals surface area contributed by atoms with Gasteiger partial charge in [-0.15, -0.1) is 11.3 Å². The van der Waals surface area contributed by atoms with Crippen LogP contribution in [0.1, 0.15) is 0 Å². The highest BCUT2D eigenvalue weighted by atomic mass is 32.1. The first-order valence-corrected chi connectivity index (χ1v) is 19.2. The molecule has 3 nitrogen and oxygen atoms in total. The Bertz CT molecular complexity index is 2840. The topological polar surface area (TPSA) is 38.7 Å². The molecule has 10 rings (SSSR count). The second kappa shape index (κ2) is 14.1. The van der Waals surface area contributed by atoms with Gasteiger partial charge in [0.2, 0.25) is 0 Å². The normalized spacial score (nSPS) is 11.3. The van der Waals surface area contributed by atoms with Crippen LogP contribution in [0.3, 0.4) is 0 Å². The number of hydrogen-bond donors (Lipinski definition) is 0. The maximum absolute atomic E-state index is 5.10. The lowest BCUT2D eigenvalue weighted by Crippen LogP contribution is -2.00. The predicted octanol–water partition coefficient (Wildman–Crippen LogP) is 13.9. The molecule has 2 aromatic heterocycles. The summed E-state index contributed by atoms with van der Waals surface area (Å²) in [6.07, 6.45) is 0. The zero-order chi connectivity index (χ0) is 36.6. The van der Waals surface area contributed by atoms with Gasteiger partial charge in [0.15, 0.2) is 17.5 Å². The highest BCUT2D eigenvalue weighted by molar-refractivity contribution is 7.26. The van der Waals surface area contributed by atoms with Crippen LogP contribution in [0, 0.1) is 0 Å². The average Bonchev–Trinajstić information content (AvgIpc) is 3.66. The van der Waals surface area contributed by atoms with Crippen LogP contribution in [-0.4, -0.2) is 15.0 Å². The van der Waals surface area contributed by atoms with Gasteiger partial charge in [-0.25, -0.2) is 15.0 Å². The van der Waals surface area contributed by atoms with E-state index in [9.17, 15) is 0 Å². The highest BCUT2D eigenvalue weighted by Gasteiger charge is 2.18. The first kappa shape index (κ1) is 32.6. The lowest BCUT2D eigenvalue weighted by atomic mass is 9.92. The van der Waals surface area contributed by atoms with E-state index in [0.29, 0.717) is 17.5 Å². The molecule has 0 amide bonds. The molecule has 2 heterocycles. The first-order valence-electron chi connectivity index (χ1n) is 18.4. The minimum Gasteiger partial charge on any atom is -0.208 e. The summed E-state index contributed by atoms with van der Waals surface area (Å²) in [4.78, 5) is 15.1. The van der Waals surface area contributed by atoms with Gasteiger partial charge < -0.3 is 0 Å². The van der Waals surface area contributed by atoms with Gasteiger partial charge in [0.25, 0.3) is 0 Å². The van der Waals surface area contributed by atoms with Crippen LogP contribution in [-0.2, 0) is 0 Å². The molecule has 0 radical (unpaired) electrons. The molecule has 0 unspecified atom stereocenters. The molecule has 0 bridgehead atoms. The number of nitrogens with zero attached hydrogens (tertiary/aromatic N) is 3. The minimum absolute atomic E-state index is 0.658. The van der Waals surface area contributed by atoms with Crippen molar-refractivity contribution in [3.8, 4) is 78.7 Å². The number of benzene rings is 8. The SMILES string of the molecule is c1ccc(-c2cc(-c3ccccc3)cc(-c3cccc(-c4ccc5sc6cccc(-c7nc(-c8ccccc8)nc(-c8ccccc8)n7)c6c5c4)c3)c2)cc1. The Kier molecular flexibility index (Phi) is 8.36. The fourth-order valence-corrected chi connectivity index (χ4v) is 8.50. The summed E-state index contributed by atoms with van der Waals surface area (Å²) in [5.41, 5.74) is 12.4. The van der Waals surface area contributed by atoms with Crippen LogP contribution in [0.2, 0.25) is 0 Å². The quantitative estimate of drug-likeness (QED) is 0.165. The third kappa shape index (κ3) is 6.39. The molecule has 8 aromatic carbocycles. The van der Waals surface area contributed by atoms with Gasteiger partial charge in [-0.2, -0.15) is 0 Å². The second-order valence-electron chi connectivity index (χ2n) is 13.6. The second-order valence-corrected chi connectivity index (χ2v) is 14.7. The van der Waals surface area contributed by atoms with Gasteiger partial charge in [-0.3, -0.25) is 0 Å². The third-order valence-corrected chi connectivity index (χ3v) is 11.2. The largest absolute Gasteiger partial charge is 0.208 e. The fraction of sp³-hybridized carbons (Fsp3) is 0. The number of thiophene rings is 1. The number of rotatable bonds is 7.